The Kier molecular flexibility index (Phi) is 8.21. The molecular weight excluding hydrogens is 623 g/mol. The second-order valence-electron chi connectivity index (χ2n) is 9.34. The van der Waals surface area contributed by atoms with Crippen LogP contribution in [-0.2, 0) is 11.2 Å². The first-order valence-corrected chi connectivity index (χ1v) is 13.3. The van der Waals surface area contributed by atoms with E-state index in [-0.39, 0.29) is 65.7 Å². The molecule has 1 amide bonds. The summed E-state index contributed by atoms with van der Waals surface area (Å²) < 4.78 is 60.5. The highest BCUT2D eigenvalue weighted by Crippen LogP contribution is 2.27. The molecule has 0 spiro atoms. The predicted octanol–water partition coefficient (Wildman–Crippen LogP) is 2.84. The lowest BCUT2D eigenvalue weighted by molar-refractivity contribution is -0.864. The molecule has 0 unspecified atom stereocenters. The van der Waals surface area contributed by atoms with Crippen molar-refractivity contribution in [3.8, 4) is 5.88 Å². The van der Waals surface area contributed by atoms with Crippen molar-refractivity contribution in [1.82, 2.24) is 19.3 Å². The van der Waals surface area contributed by atoms with Crippen LogP contribution in [-0.4, -0.2) is 70.6 Å². The van der Waals surface area contributed by atoms with Crippen LogP contribution in [0.25, 0.3) is 5.52 Å². The number of methoxy groups -OCH3 is 1. The molecular formula is C26H21Cl2F4N6O5+. The number of aromatic nitrogens is 4. The lowest BCUT2D eigenvalue weighted by atomic mass is 10.0. The number of piperazine rings is 1. The number of aromatic amines is 1. The Labute approximate surface area is 249 Å². The molecule has 1 fully saturated rings. The van der Waals surface area contributed by atoms with E-state index < -0.39 is 29.4 Å². The minimum Gasteiger partial charge on any atom is -0.469 e. The van der Waals surface area contributed by atoms with Gasteiger partial charge in [0.25, 0.3) is 17.3 Å². The van der Waals surface area contributed by atoms with Crippen LogP contribution < -0.4 is 24.8 Å². The van der Waals surface area contributed by atoms with Crippen molar-refractivity contribution in [2.75, 3.05) is 38.2 Å². The molecule has 3 aromatic heterocycles. The van der Waals surface area contributed by atoms with Gasteiger partial charge in [-0.25, -0.2) is 9.18 Å². The Morgan fingerprint density at radius 3 is 2.51 bits per heavy atom. The predicted molar refractivity (Wildman–Crippen MR) is 144 cm³/mol. The Hall–Kier alpha value is -4.37. The van der Waals surface area contributed by atoms with E-state index in [0.717, 1.165) is 6.07 Å². The van der Waals surface area contributed by atoms with Gasteiger partial charge in [-0.1, -0.05) is 34.3 Å². The molecule has 11 nitrogen and oxygen atoms in total. The average molecular weight is 644 g/mol. The lowest BCUT2D eigenvalue weighted by Crippen LogP contribution is -2.58. The number of ether oxygens (including phenoxy) is 1. The molecule has 4 aromatic rings. The van der Waals surface area contributed by atoms with Crippen molar-refractivity contribution >= 4 is 46.5 Å². The molecule has 0 radical (unpaired) electrons. The maximum atomic E-state index is 14.9. The average Bonchev–Trinajstić information content (AvgIpc) is 3.29. The number of alkyl halides is 3. The summed E-state index contributed by atoms with van der Waals surface area (Å²) >= 11 is 12.4. The van der Waals surface area contributed by atoms with E-state index in [1.54, 1.807) is 0 Å². The highest BCUT2D eigenvalue weighted by Gasteiger charge is 2.45. The minimum absolute atomic E-state index is 0.0482. The fourth-order valence-electron chi connectivity index (χ4n) is 4.63. The number of rotatable bonds is 6. The molecule has 1 saturated heterocycles. The van der Waals surface area contributed by atoms with Crippen molar-refractivity contribution in [1.29, 1.82) is 0 Å². The number of fused-ring (bicyclic) bond motifs is 1. The minimum atomic E-state index is -5.26. The highest BCUT2D eigenvalue weighted by atomic mass is 35.5. The Morgan fingerprint density at radius 2 is 1.84 bits per heavy atom. The first-order chi connectivity index (χ1) is 20.4. The van der Waals surface area contributed by atoms with E-state index in [1.165, 1.54) is 58.0 Å². The van der Waals surface area contributed by atoms with Crippen molar-refractivity contribution in [3.05, 3.63) is 85.9 Å². The zero-order chi connectivity index (χ0) is 31.1. The van der Waals surface area contributed by atoms with Crippen LogP contribution in [0.1, 0.15) is 21.6 Å². The van der Waals surface area contributed by atoms with Crippen molar-refractivity contribution in [2.24, 2.45) is 0 Å². The fraction of sp³-hybridized carbons (Fsp3) is 0.269. The molecule has 4 heterocycles. The normalized spacial score (nSPS) is 13.8. The number of H-pyrrole nitrogens is 1. The van der Waals surface area contributed by atoms with E-state index >= 15 is 0 Å². The van der Waals surface area contributed by atoms with Gasteiger partial charge in [0.2, 0.25) is 0 Å². The third-order valence-corrected chi connectivity index (χ3v) is 7.44. The molecule has 43 heavy (non-hydrogen) atoms. The molecule has 1 aliphatic heterocycles. The number of carbonyl (C=O) groups is 2. The molecule has 5 rings (SSSR count). The zero-order valence-corrected chi connectivity index (χ0v) is 23.6. The van der Waals surface area contributed by atoms with E-state index in [0.29, 0.717) is 16.0 Å². The van der Waals surface area contributed by atoms with Crippen molar-refractivity contribution in [2.45, 2.75) is 12.6 Å². The molecule has 0 saturated carbocycles. The molecule has 1 N–H and O–H groups in total. The van der Waals surface area contributed by atoms with Gasteiger partial charge in [-0.15, -0.1) is 0 Å². The SMILES string of the molecule is COc1ccnc(N2CCN(C(=O)c3cc(Cc4c[nH]c(=O)c5cc(Cl)c(Cl)n45)ccc3F)CC2)[n+]1OC(=O)C(F)(F)F. The largest absolute Gasteiger partial charge is 0.495 e. The molecule has 1 aliphatic rings. The highest BCUT2D eigenvalue weighted by molar-refractivity contribution is 6.42. The quantitative estimate of drug-likeness (QED) is 0.254. The number of hydrogen-bond acceptors (Lipinski definition) is 7. The number of amides is 1. The third-order valence-electron chi connectivity index (χ3n) is 6.69. The van der Waals surface area contributed by atoms with Crippen LogP contribution >= 0.6 is 23.2 Å². The summed E-state index contributed by atoms with van der Waals surface area (Å²) in [5.74, 6) is -4.21. The van der Waals surface area contributed by atoms with Gasteiger partial charge in [-0.05, 0) is 28.5 Å². The molecule has 1 aromatic carbocycles. The van der Waals surface area contributed by atoms with Crippen LogP contribution in [0.5, 0.6) is 5.88 Å². The van der Waals surface area contributed by atoms with Gasteiger partial charge in [-0.2, -0.15) is 13.2 Å². The summed E-state index contributed by atoms with van der Waals surface area (Å²) in [6.45, 7) is 0.233. The standard InChI is InChI=1S/C26H20Cl2F4N6O5/c1-42-20-4-5-33-25(38(20)43-24(41)26(30,31)32)36-8-6-35(7-9-36)23(40)16-11-14(2-3-18(16)29)10-15-13-34-22(39)19-12-17(27)21(28)37(15)19/h2-5,11-13H,6-10H2,1H3/p+1. The summed E-state index contributed by atoms with van der Waals surface area (Å²) in [6, 6.07) is 6.68. The smallest absolute Gasteiger partial charge is 0.469 e. The van der Waals surface area contributed by atoms with Gasteiger partial charge in [-0.3, -0.25) is 23.7 Å². The number of nitrogens with one attached hydrogen (secondary N) is 1. The topological polar surface area (TPSA) is 113 Å². The van der Waals surface area contributed by atoms with Crippen LogP contribution in [0.4, 0.5) is 23.5 Å². The first kappa shape index (κ1) is 30.1. The number of nitrogens with zero attached hydrogens (tertiary/aromatic N) is 5. The van der Waals surface area contributed by atoms with E-state index in [1.807, 2.05) is 0 Å². The summed E-state index contributed by atoms with van der Waals surface area (Å²) in [7, 11) is 1.18. The van der Waals surface area contributed by atoms with Crippen LogP contribution in [0.15, 0.2) is 47.5 Å². The van der Waals surface area contributed by atoms with Crippen LogP contribution in [0.2, 0.25) is 10.2 Å². The third kappa shape index (κ3) is 5.95. The van der Waals surface area contributed by atoms with Crippen LogP contribution in [0, 0.1) is 5.82 Å². The van der Waals surface area contributed by atoms with Gasteiger partial charge in [0.05, 0.1) is 49.9 Å². The molecule has 17 heteroatoms. The first-order valence-electron chi connectivity index (χ1n) is 12.5. The Morgan fingerprint density at radius 1 is 1.12 bits per heavy atom. The van der Waals surface area contributed by atoms with Gasteiger partial charge in [0.15, 0.2) is 0 Å². The second-order valence-corrected chi connectivity index (χ2v) is 10.1. The van der Waals surface area contributed by atoms with Crippen molar-refractivity contribution in [3.63, 3.8) is 0 Å². The number of benzene rings is 1. The maximum absolute atomic E-state index is 14.9. The molecule has 0 bridgehead atoms. The number of carbonyl (C=O) groups excluding carboxylic acids is 2. The molecule has 0 atom stereocenters. The fourth-order valence-corrected chi connectivity index (χ4v) is 5.07. The number of anilines is 1. The zero-order valence-electron chi connectivity index (χ0n) is 22.1. The summed E-state index contributed by atoms with van der Waals surface area (Å²) in [5, 5.41) is 0.316. The Bertz CT molecular complexity index is 1790. The molecule has 226 valence electrons. The summed E-state index contributed by atoms with van der Waals surface area (Å²) in [5.41, 5.74) is 0.710. The summed E-state index contributed by atoms with van der Waals surface area (Å²) in [6.07, 6.45) is -2.38. The number of halogens is 6. The lowest BCUT2D eigenvalue weighted by Gasteiger charge is -2.31. The number of hydrogen-bond donors (Lipinski definition) is 1. The van der Waals surface area contributed by atoms with Gasteiger partial charge in [0, 0.05) is 18.3 Å². The second kappa shape index (κ2) is 11.7. The summed E-state index contributed by atoms with van der Waals surface area (Å²) in [4.78, 5) is 51.1. The van der Waals surface area contributed by atoms with Gasteiger partial charge in [0.1, 0.15) is 22.7 Å². The monoisotopic (exact) mass is 643 g/mol. The van der Waals surface area contributed by atoms with Crippen molar-refractivity contribution < 1.29 is 41.5 Å². The Balaban J connectivity index is 1.34. The maximum Gasteiger partial charge on any atom is 0.495 e. The van der Waals surface area contributed by atoms with E-state index in [9.17, 15) is 31.9 Å². The van der Waals surface area contributed by atoms with Gasteiger partial charge >= 0.3 is 18.1 Å². The van der Waals surface area contributed by atoms with Crippen LogP contribution in [0.3, 0.4) is 0 Å². The molecule has 0 aliphatic carbocycles. The van der Waals surface area contributed by atoms with Gasteiger partial charge < -0.3 is 14.6 Å². The van der Waals surface area contributed by atoms with E-state index in [4.69, 9.17) is 27.9 Å². The van der Waals surface area contributed by atoms with E-state index in [2.05, 4.69) is 14.8 Å².